The van der Waals surface area contributed by atoms with Crippen LogP contribution in [-0.4, -0.2) is 28.9 Å². The van der Waals surface area contributed by atoms with E-state index in [1.54, 1.807) is 29.5 Å². The second-order valence-corrected chi connectivity index (χ2v) is 8.57. The van der Waals surface area contributed by atoms with Crippen molar-refractivity contribution in [2.75, 3.05) is 18.4 Å². The summed E-state index contributed by atoms with van der Waals surface area (Å²) in [7, 11) is 0. The van der Waals surface area contributed by atoms with Crippen molar-refractivity contribution in [3.05, 3.63) is 46.2 Å². The first-order chi connectivity index (χ1) is 13.0. The van der Waals surface area contributed by atoms with Gasteiger partial charge in [-0.3, -0.25) is 9.69 Å². The Hall–Kier alpha value is -1.79. The molecule has 1 fully saturated rings. The fourth-order valence-corrected chi connectivity index (χ4v) is 4.49. The van der Waals surface area contributed by atoms with Gasteiger partial charge in [-0.25, -0.2) is 9.37 Å². The molecule has 4 nitrogen and oxygen atoms in total. The topological polar surface area (TPSA) is 45.2 Å². The first-order valence-corrected chi connectivity index (χ1v) is 10.6. The highest BCUT2D eigenvalue weighted by Crippen LogP contribution is 2.25. The molecule has 0 bridgehead atoms. The van der Waals surface area contributed by atoms with E-state index in [1.807, 2.05) is 0 Å². The first kappa shape index (κ1) is 20.0. The minimum Gasteiger partial charge on any atom is -0.324 e. The number of hydrogen-bond acceptors (Lipinski definition) is 4. The van der Waals surface area contributed by atoms with Crippen molar-refractivity contribution in [3.8, 4) is 0 Å². The second-order valence-electron chi connectivity index (χ2n) is 7.63. The maximum atomic E-state index is 13.6. The molecule has 27 heavy (non-hydrogen) atoms. The lowest BCUT2D eigenvalue weighted by Gasteiger charge is -2.32. The standard InChI is InChI=1S/C21H28FN3OS/c1-15(2)19-14-27-21(24-19)13-25-11-5-6-16(12-25)9-10-20(26)23-18-8-4-3-7-17(18)22/h3-4,7-8,14-16H,5-6,9-13H2,1-2H3,(H,23,26)/t16-/m0/s1. The number of para-hydroxylation sites is 1. The SMILES string of the molecule is CC(C)c1csc(CN2CCC[C@@H](CCC(=O)Nc3ccccc3F)C2)n1. The zero-order valence-electron chi connectivity index (χ0n) is 16.1. The number of piperidine rings is 1. The van der Waals surface area contributed by atoms with Crippen molar-refractivity contribution < 1.29 is 9.18 Å². The number of amides is 1. The molecule has 0 unspecified atom stereocenters. The van der Waals surface area contributed by atoms with Gasteiger partial charge in [0.25, 0.3) is 0 Å². The Bertz CT molecular complexity index is 761. The minimum absolute atomic E-state index is 0.112. The van der Waals surface area contributed by atoms with Crippen molar-refractivity contribution >= 4 is 22.9 Å². The van der Waals surface area contributed by atoms with Crippen LogP contribution < -0.4 is 5.32 Å². The van der Waals surface area contributed by atoms with Gasteiger partial charge in [0.05, 0.1) is 17.9 Å². The lowest BCUT2D eigenvalue weighted by molar-refractivity contribution is -0.116. The van der Waals surface area contributed by atoms with E-state index in [1.165, 1.54) is 16.8 Å². The number of aromatic nitrogens is 1. The average molecular weight is 390 g/mol. The number of nitrogens with zero attached hydrogens (tertiary/aromatic N) is 2. The van der Waals surface area contributed by atoms with Crippen LogP contribution in [0.4, 0.5) is 10.1 Å². The smallest absolute Gasteiger partial charge is 0.224 e. The molecule has 2 heterocycles. The van der Waals surface area contributed by atoms with E-state index in [0.717, 1.165) is 38.9 Å². The molecular weight excluding hydrogens is 361 g/mol. The van der Waals surface area contributed by atoms with Crippen LogP contribution >= 0.6 is 11.3 Å². The first-order valence-electron chi connectivity index (χ1n) is 9.72. The van der Waals surface area contributed by atoms with Gasteiger partial charge in [-0.15, -0.1) is 11.3 Å². The molecule has 0 aliphatic carbocycles. The zero-order valence-corrected chi connectivity index (χ0v) is 16.9. The summed E-state index contributed by atoms with van der Waals surface area (Å²) >= 11 is 1.74. The molecule has 1 atom stereocenters. The van der Waals surface area contributed by atoms with Gasteiger partial charge in [-0.2, -0.15) is 0 Å². The van der Waals surface area contributed by atoms with Gasteiger partial charge < -0.3 is 5.32 Å². The molecule has 1 amide bonds. The lowest BCUT2D eigenvalue weighted by atomic mass is 9.93. The summed E-state index contributed by atoms with van der Waals surface area (Å²) in [5, 5.41) is 6.02. The molecule has 1 aromatic heterocycles. The van der Waals surface area contributed by atoms with Crippen LogP contribution in [0.2, 0.25) is 0 Å². The number of carbonyl (C=O) groups is 1. The van der Waals surface area contributed by atoms with Gasteiger partial charge in [-0.05, 0) is 49.8 Å². The van der Waals surface area contributed by atoms with Crippen molar-refractivity contribution in [2.45, 2.75) is 52.0 Å². The summed E-state index contributed by atoms with van der Waals surface area (Å²) in [5.41, 5.74) is 1.44. The fraction of sp³-hybridized carbons (Fsp3) is 0.524. The van der Waals surface area contributed by atoms with Crippen LogP contribution in [0.5, 0.6) is 0 Å². The summed E-state index contributed by atoms with van der Waals surface area (Å²) < 4.78 is 13.6. The van der Waals surface area contributed by atoms with Crippen LogP contribution in [0.15, 0.2) is 29.6 Å². The van der Waals surface area contributed by atoms with E-state index >= 15 is 0 Å². The monoisotopic (exact) mass is 389 g/mol. The maximum absolute atomic E-state index is 13.6. The van der Waals surface area contributed by atoms with Crippen LogP contribution in [0.25, 0.3) is 0 Å². The quantitative estimate of drug-likeness (QED) is 0.722. The molecule has 1 aromatic carbocycles. The third-order valence-electron chi connectivity index (χ3n) is 5.05. The second kappa shape index (κ2) is 9.42. The van der Waals surface area contributed by atoms with E-state index < -0.39 is 0 Å². The van der Waals surface area contributed by atoms with Crippen molar-refractivity contribution in [3.63, 3.8) is 0 Å². The molecule has 6 heteroatoms. The van der Waals surface area contributed by atoms with Gasteiger partial charge in [-0.1, -0.05) is 26.0 Å². The molecule has 1 N–H and O–H groups in total. The number of benzene rings is 1. The lowest BCUT2D eigenvalue weighted by Crippen LogP contribution is -2.35. The maximum Gasteiger partial charge on any atom is 0.224 e. The summed E-state index contributed by atoms with van der Waals surface area (Å²) in [5.74, 6) is 0.476. The van der Waals surface area contributed by atoms with Gasteiger partial charge >= 0.3 is 0 Å². The van der Waals surface area contributed by atoms with E-state index in [-0.39, 0.29) is 17.4 Å². The predicted octanol–water partition coefficient (Wildman–Crippen LogP) is 5.04. The molecule has 3 rings (SSSR count). The van der Waals surface area contributed by atoms with Gasteiger partial charge in [0, 0.05) is 18.3 Å². The number of thiazole rings is 1. The summed E-state index contributed by atoms with van der Waals surface area (Å²) in [6, 6.07) is 6.29. The zero-order chi connectivity index (χ0) is 19.2. The molecule has 1 aliphatic rings. The third-order valence-corrected chi connectivity index (χ3v) is 5.90. The Labute approximate surface area is 164 Å². The Kier molecular flexibility index (Phi) is 6.96. The average Bonchev–Trinajstić information content (AvgIpc) is 3.11. The summed E-state index contributed by atoms with van der Waals surface area (Å²) in [4.78, 5) is 19.3. The predicted molar refractivity (Wildman–Crippen MR) is 108 cm³/mol. The van der Waals surface area contributed by atoms with Crippen molar-refractivity contribution in [2.24, 2.45) is 5.92 Å². The number of likely N-dealkylation sites (tertiary alicyclic amines) is 1. The molecule has 0 spiro atoms. The Morgan fingerprint density at radius 3 is 2.96 bits per heavy atom. The molecular formula is C21H28FN3OS. The Balaban J connectivity index is 1.45. The number of rotatable bonds is 7. The number of halogens is 1. The third kappa shape index (κ3) is 5.84. The van der Waals surface area contributed by atoms with Gasteiger partial charge in [0.1, 0.15) is 10.8 Å². The minimum atomic E-state index is -0.390. The Morgan fingerprint density at radius 2 is 2.22 bits per heavy atom. The molecule has 0 radical (unpaired) electrons. The van der Waals surface area contributed by atoms with E-state index in [4.69, 9.17) is 4.98 Å². The Morgan fingerprint density at radius 1 is 1.41 bits per heavy atom. The molecule has 1 aliphatic heterocycles. The van der Waals surface area contributed by atoms with Crippen LogP contribution in [0.1, 0.15) is 56.2 Å². The number of nitrogens with one attached hydrogen (secondary N) is 1. The normalized spacial score (nSPS) is 18.0. The van der Waals surface area contributed by atoms with Gasteiger partial charge in [0.2, 0.25) is 5.91 Å². The van der Waals surface area contributed by atoms with E-state index in [0.29, 0.717) is 18.3 Å². The number of anilines is 1. The highest BCUT2D eigenvalue weighted by molar-refractivity contribution is 7.09. The van der Waals surface area contributed by atoms with E-state index in [2.05, 4.69) is 29.4 Å². The highest BCUT2D eigenvalue weighted by Gasteiger charge is 2.22. The van der Waals surface area contributed by atoms with Crippen LogP contribution in [0, 0.1) is 11.7 Å². The molecule has 146 valence electrons. The van der Waals surface area contributed by atoms with Crippen molar-refractivity contribution in [1.82, 2.24) is 9.88 Å². The molecule has 2 aromatic rings. The summed E-state index contributed by atoms with van der Waals surface area (Å²) in [6.07, 6.45) is 3.58. The number of carbonyl (C=O) groups excluding carboxylic acids is 1. The fourth-order valence-electron chi connectivity index (χ4n) is 3.50. The molecule has 0 saturated carbocycles. The van der Waals surface area contributed by atoms with Crippen LogP contribution in [-0.2, 0) is 11.3 Å². The molecule has 1 saturated heterocycles. The largest absolute Gasteiger partial charge is 0.324 e. The van der Waals surface area contributed by atoms with Crippen molar-refractivity contribution in [1.29, 1.82) is 0 Å². The summed E-state index contributed by atoms with van der Waals surface area (Å²) in [6.45, 7) is 7.33. The van der Waals surface area contributed by atoms with Crippen LogP contribution in [0.3, 0.4) is 0 Å². The highest BCUT2D eigenvalue weighted by atomic mass is 32.1. The van der Waals surface area contributed by atoms with E-state index in [9.17, 15) is 9.18 Å². The number of hydrogen-bond donors (Lipinski definition) is 1. The van der Waals surface area contributed by atoms with Gasteiger partial charge in [0.15, 0.2) is 0 Å².